The summed E-state index contributed by atoms with van der Waals surface area (Å²) in [5, 5.41) is 5.09. The number of fused-ring (bicyclic) bond motifs is 6. The van der Waals surface area contributed by atoms with Crippen molar-refractivity contribution in [2.24, 2.45) is 0 Å². The van der Waals surface area contributed by atoms with Gasteiger partial charge in [-0.15, -0.1) is 0 Å². The molecule has 290 valence electrons. The summed E-state index contributed by atoms with van der Waals surface area (Å²) >= 11 is 0. The third kappa shape index (κ3) is 6.04. The molecular weight excluding hydrogens is 749 g/mol. The molecule has 12 aromatic rings. The van der Waals surface area contributed by atoms with Crippen LogP contribution in [0.3, 0.4) is 0 Å². The minimum Gasteiger partial charge on any atom is -0.309 e. The Morgan fingerprint density at radius 2 is 0.516 bits per heavy atom. The van der Waals surface area contributed by atoms with Crippen molar-refractivity contribution in [3.63, 3.8) is 0 Å². The molecule has 0 aliphatic carbocycles. The Morgan fingerprint density at radius 1 is 0.194 bits per heavy atom. The first-order valence-corrected chi connectivity index (χ1v) is 21.3. The van der Waals surface area contributed by atoms with Crippen molar-refractivity contribution in [3.8, 4) is 67.0 Å². The fraction of sp³-hybridized carbons (Fsp3) is 0. The summed E-state index contributed by atoms with van der Waals surface area (Å²) in [5.74, 6) is 0. The summed E-state index contributed by atoms with van der Waals surface area (Å²) in [6.45, 7) is 0. The molecular formula is C60H40N2. The lowest BCUT2D eigenvalue weighted by Gasteiger charge is -2.15. The molecule has 0 aliphatic rings. The maximum Gasteiger partial charge on any atom is 0.0541 e. The third-order valence-electron chi connectivity index (χ3n) is 12.6. The lowest BCUT2D eigenvalue weighted by molar-refractivity contribution is 1.18. The molecule has 2 heteroatoms. The highest BCUT2D eigenvalue weighted by molar-refractivity contribution is 6.10. The predicted octanol–water partition coefficient (Wildman–Crippen LogP) is 16.2. The third-order valence-corrected chi connectivity index (χ3v) is 12.6. The average molecular weight is 789 g/mol. The van der Waals surface area contributed by atoms with Gasteiger partial charge in [0.1, 0.15) is 0 Å². The molecule has 0 bridgehead atoms. The molecule has 0 aliphatic heterocycles. The Hall–Kier alpha value is -8.20. The molecule has 10 aromatic carbocycles. The van der Waals surface area contributed by atoms with Crippen LogP contribution in [0, 0.1) is 0 Å². The van der Waals surface area contributed by atoms with Gasteiger partial charge in [0.15, 0.2) is 0 Å². The Balaban J connectivity index is 0.871. The van der Waals surface area contributed by atoms with E-state index in [0.717, 1.165) is 11.4 Å². The van der Waals surface area contributed by atoms with Gasteiger partial charge >= 0.3 is 0 Å². The maximum atomic E-state index is 2.38. The van der Waals surface area contributed by atoms with Crippen LogP contribution in [0.2, 0.25) is 0 Å². The van der Waals surface area contributed by atoms with Crippen LogP contribution in [0.4, 0.5) is 0 Å². The highest BCUT2D eigenvalue weighted by Crippen LogP contribution is 2.39. The number of nitrogens with zero attached hydrogens (tertiary/aromatic N) is 2. The Bertz CT molecular complexity index is 3500. The number of rotatable bonds is 7. The van der Waals surface area contributed by atoms with E-state index >= 15 is 0 Å². The van der Waals surface area contributed by atoms with Crippen LogP contribution in [0.1, 0.15) is 0 Å². The summed E-state index contributed by atoms with van der Waals surface area (Å²) in [4.78, 5) is 0. The van der Waals surface area contributed by atoms with Gasteiger partial charge < -0.3 is 9.13 Å². The zero-order valence-electron chi connectivity index (χ0n) is 34.0. The first kappa shape index (κ1) is 35.7. The summed E-state index contributed by atoms with van der Waals surface area (Å²) < 4.78 is 4.75. The van der Waals surface area contributed by atoms with Crippen molar-refractivity contribution in [2.45, 2.75) is 0 Å². The van der Waals surface area contributed by atoms with Crippen molar-refractivity contribution in [2.75, 3.05) is 0 Å². The van der Waals surface area contributed by atoms with Gasteiger partial charge in [-0.25, -0.2) is 0 Å². The zero-order valence-corrected chi connectivity index (χ0v) is 34.0. The van der Waals surface area contributed by atoms with E-state index in [0.29, 0.717) is 0 Å². The van der Waals surface area contributed by atoms with Crippen LogP contribution < -0.4 is 0 Å². The predicted molar refractivity (Wildman–Crippen MR) is 262 cm³/mol. The van der Waals surface area contributed by atoms with Crippen LogP contribution in [-0.2, 0) is 0 Å². The van der Waals surface area contributed by atoms with Crippen molar-refractivity contribution in [1.82, 2.24) is 9.13 Å². The molecule has 0 saturated carbocycles. The van der Waals surface area contributed by atoms with Gasteiger partial charge in [-0.05, 0) is 122 Å². The van der Waals surface area contributed by atoms with Gasteiger partial charge in [0.05, 0.1) is 22.1 Å². The van der Waals surface area contributed by atoms with E-state index in [9.17, 15) is 0 Å². The molecule has 0 atom stereocenters. The molecule has 2 nitrogen and oxygen atoms in total. The molecule has 2 aromatic heterocycles. The van der Waals surface area contributed by atoms with Crippen molar-refractivity contribution < 1.29 is 0 Å². The molecule has 0 spiro atoms. The van der Waals surface area contributed by atoms with E-state index in [2.05, 4.69) is 252 Å². The van der Waals surface area contributed by atoms with Crippen LogP contribution >= 0.6 is 0 Å². The summed E-state index contributed by atoms with van der Waals surface area (Å²) in [6.07, 6.45) is 0. The summed E-state index contributed by atoms with van der Waals surface area (Å²) in [6, 6.07) is 88.3. The van der Waals surface area contributed by atoms with Crippen LogP contribution in [0.25, 0.3) is 111 Å². The minimum absolute atomic E-state index is 1.15. The first-order valence-electron chi connectivity index (χ1n) is 21.3. The van der Waals surface area contributed by atoms with E-state index in [-0.39, 0.29) is 0 Å². The normalized spacial score (nSPS) is 11.5. The topological polar surface area (TPSA) is 9.86 Å². The molecule has 0 radical (unpaired) electrons. The van der Waals surface area contributed by atoms with Crippen LogP contribution in [0.15, 0.2) is 243 Å². The fourth-order valence-electron chi connectivity index (χ4n) is 9.58. The van der Waals surface area contributed by atoms with Gasteiger partial charge in [0, 0.05) is 32.9 Å². The largest absolute Gasteiger partial charge is 0.309 e. The number of benzene rings is 10. The van der Waals surface area contributed by atoms with Gasteiger partial charge in [-0.1, -0.05) is 176 Å². The Labute approximate surface area is 360 Å². The molecule has 0 fully saturated rings. The molecule has 0 N–H and O–H groups in total. The smallest absolute Gasteiger partial charge is 0.0541 e. The second-order valence-electron chi connectivity index (χ2n) is 16.1. The summed E-state index contributed by atoms with van der Waals surface area (Å²) in [5.41, 5.74) is 19.2. The highest BCUT2D eigenvalue weighted by Gasteiger charge is 2.15. The van der Waals surface area contributed by atoms with Crippen LogP contribution in [0.5, 0.6) is 0 Å². The van der Waals surface area contributed by atoms with E-state index in [4.69, 9.17) is 0 Å². The molecule has 12 rings (SSSR count). The van der Waals surface area contributed by atoms with E-state index in [1.807, 2.05) is 0 Å². The minimum atomic E-state index is 1.15. The summed E-state index contributed by atoms with van der Waals surface area (Å²) in [7, 11) is 0. The number of para-hydroxylation sites is 4. The van der Waals surface area contributed by atoms with Gasteiger partial charge in [0.2, 0.25) is 0 Å². The molecule has 62 heavy (non-hydrogen) atoms. The van der Waals surface area contributed by atoms with Gasteiger partial charge in [-0.2, -0.15) is 0 Å². The second-order valence-corrected chi connectivity index (χ2v) is 16.1. The van der Waals surface area contributed by atoms with E-state index in [1.54, 1.807) is 0 Å². The molecule has 0 amide bonds. The SMILES string of the molecule is c1ccc(-c2cc(-c3cccc(-c4cccc(-c5ccc(-n6c7ccccc7c7ccccc76)cc5)c4)c3)ccc2-c2ccc(-n3c4ccccc4c4ccccc43)cc2)cc1. The maximum absolute atomic E-state index is 2.38. The number of hydrogen-bond donors (Lipinski definition) is 0. The Morgan fingerprint density at radius 3 is 0.968 bits per heavy atom. The van der Waals surface area contributed by atoms with Crippen molar-refractivity contribution >= 4 is 43.6 Å². The quantitative estimate of drug-likeness (QED) is 0.152. The van der Waals surface area contributed by atoms with Crippen molar-refractivity contribution in [1.29, 1.82) is 0 Å². The van der Waals surface area contributed by atoms with Crippen molar-refractivity contribution in [3.05, 3.63) is 243 Å². The molecule has 0 unspecified atom stereocenters. The lowest BCUT2D eigenvalue weighted by atomic mass is 9.90. The number of hydrogen-bond acceptors (Lipinski definition) is 0. The van der Waals surface area contributed by atoms with Gasteiger partial charge in [0.25, 0.3) is 0 Å². The average Bonchev–Trinajstić information content (AvgIpc) is 3.87. The second kappa shape index (κ2) is 14.8. The lowest BCUT2D eigenvalue weighted by Crippen LogP contribution is -1.94. The standard InChI is InChI=1S/C60H40N2/c1-2-14-42(15-3-1)56-40-48(32-37-51(56)43-30-35-50(36-31-43)62-59-26-10-6-22-54(59)55-23-7-11-27-60(55)62)47-19-13-18-46(39-47)45-17-12-16-44(38-45)41-28-33-49(34-29-41)61-57-24-8-4-20-52(57)53-21-5-9-25-58(53)61/h1-40H. The first-order chi connectivity index (χ1) is 30.7. The Kier molecular flexibility index (Phi) is 8.53. The van der Waals surface area contributed by atoms with E-state index < -0.39 is 0 Å². The molecule has 2 heterocycles. The molecule has 0 saturated heterocycles. The van der Waals surface area contributed by atoms with Crippen LogP contribution in [-0.4, -0.2) is 9.13 Å². The zero-order chi connectivity index (χ0) is 41.0. The van der Waals surface area contributed by atoms with E-state index in [1.165, 1.54) is 99.2 Å². The van der Waals surface area contributed by atoms with Gasteiger partial charge in [-0.3, -0.25) is 0 Å². The highest BCUT2D eigenvalue weighted by atomic mass is 15.0. The monoisotopic (exact) mass is 788 g/mol. The fourth-order valence-corrected chi connectivity index (χ4v) is 9.58. The number of aromatic nitrogens is 2.